The maximum atomic E-state index is 13.0. The van der Waals surface area contributed by atoms with Gasteiger partial charge in [0, 0.05) is 35.7 Å². The van der Waals surface area contributed by atoms with Gasteiger partial charge < -0.3 is 21.4 Å². The number of halogens is 1. The standard InChI is InChI=1S/C24H26ClN5O2S/c1-24(2,3)23(32)28-11-15-7-8-19(25)17(9-15)22(31)30-20-6-4-5-16(18(20)10-26)12-27-21-13-33-14-29-21/h4-10,13-14,26-27H,11-12H2,1-3H3,(H,28,32)(H,30,31). The lowest BCUT2D eigenvalue weighted by Gasteiger charge is -2.18. The lowest BCUT2D eigenvalue weighted by atomic mass is 9.95. The second-order valence-corrected chi connectivity index (χ2v) is 9.58. The van der Waals surface area contributed by atoms with E-state index in [9.17, 15) is 9.59 Å². The molecular weight excluding hydrogens is 458 g/mol. The number of nitrogens with one attached hydrogen (secondary N) is 4. The number of carbonyl (C=O) groups excluding carboxylic acids is 2. The number of aromatic nitrogens is 1. The van der Waals surface area contributed by atoms with E-state index >= 15 is 0 Å². The van der Waals surface area contributed by atoms with Gasteiger partial charge in [0.25, 0.3) is 5.91 Å². The van der Waals surface area contributed by atoms with Crippen LogP contribution in [-0.4, -0.2) is 23.0 Å². The van der Waals surface area contributed by atoms with E-state index < -0.39 is 11.3 Å². The Morgan fingerprint density at radius 3 is 2.64 bits per heavy atom. The summed E-state index contributed by atoms with van der Waals surface area (Å²) in [6, 6.07) is 10.5. The minimum absolute atomic E-state index is 0.0813. The van der Waals surface area contributed by atoms with Gasteiger partial charge in [-0.1, -0.05) is 50.6 Å². The van der Waals surface area contributed by atoms with Gasteiger partial charge in [0.2, 0.25) is 5.91 Å². The van der Waals surface area contributed by atoms with Crippen molar-refractivity contribution in [1.29, 1.82) is 5.41 Å². The molecule has 0 bridgehead atoms. The van der Waals surface area contributed by atoms with Gasteiger partial charge in [-0.2, -0.15) is 0 Å². The van der Waals surface area contributed by atoms with E-state index in [0.29, 0.717) is 28.4 Å². The number of benzene rings is 2. The molecule has 4 N–H and O–H groups in total. The molecule has 0 saturated carbocycles. The number of carbonyl (C=O) groups is 2. The minimum atomic E-state index is -0.505. The van der Waals surface area contributed by atoms with Crippen molar-refractivity contribution < 1.29 is 9.59 Å². The van der Waals surface area contributed by atoms with Crippen LogP contribution in [0.5, 0.6) is 0 Å². The number of thiazole rings is 1. The first kappa shape index (κ1) is 24.4. The Balaban J connectivity index is 1.76. The van der Waals surface area contributed by atoms with Gasteiger partial charge >= 0.3 is 0 Å². The number of rotatable bonds is 8. The predicted molar refractivity (Wildman–Crippen MR) is 134 cm³/mol. The highest BCUT2D eigenvalue weighted by Crippen LogP contribution is 2.23. The molecule has 0 saturated heterocycles. The van der Waals surface area contributed by atoms with E-state index in [0.717, 1.165) is 16.9 Å². The monoisotopic (exact) mass is 483 g/mol. The molecule has 0 aliphatic carbocycles. The second kappa shape index (κ2) is 10.6. The van der Waals surface area contributed by atoms with Crippen LogP contribution >= 0.6 is 22.9 Å². The average Bonchev–Trinajstić information content (AvgIpc) is 3.30. The molecule has 0 aliphatic rings. The average molecular weight is 484 g/mol. The van der Waals surface area contributed by atoms with Crippen molar-refractivity contribution in [3.05, 3.63) is 74.6 Å². The summed E-state index contributed by atoms with van der Waals surface area (Å²) in [6.45, 7) is 6.26. The summed E-state index contributed by atoms with van der Waals surface area (Å²) in [7, 11) is 0. The van der Waals surface area contributed by atoms with Crippen LogP contribution in [0.15, 0.2) is 47.3 Å². The fourth-order valence-corrected chi connectivity index (χ4v) is 3.74. The minimum Gasteiger partial charge on any atom is -0.365 e. The molecule has 0 spiro atoms. The number of hydrogen-bond donors (Lipinski definition) is 4. The van der Waals surface area contributed by atoms with Crippen LogP contribution in [0.2, 0.25) is 5.02 Å². The SMILES string of the molecule is CC(C)(C)C(=O)NCc1ccc(Cl)c(C(=O)Nc2cccc(CNc3cscn3)c2C=N)c1. The zero-order valence-corrected chi connectivity index (χ0v) is 20.2. The van der Waals surface area contributed by atoms with Gasteiger partial charge in [0.15, 0.2) is 0 Å². The predicted octanol–water partition coefficient (Wildman–Crippen LogP) is 5.32. The Labute approximate surface area is 202 Å². The molecule has 0 aliphatic heterocycles. The molecule has 1 heterocycles. The van der Waals surface area contributed by atoms with E-state index in [-0.39, 0.29) is 12.5 Å². The molecular formula is C24H26ClN5O2S. The fraction of sp³-hybridized carbons (Fsp3) is 0.250. The third kappa shape index (κ3) is 6.40. The molecule has 0 radical (unpaired) electrons. The quantitative estimate of drug-likeness (QED) is 0.325. The Morgan fingerprint density at radius 2 is 1.97 bits per heavy atom. The normalized spacial score (nSPS) is 11.0. The largest absolute Gasteiger partial charge is 0.365 e. The first-order valence-corrected chi connectivity index (χ1v) is 11.6. The molecule has 0 fully saturated rings. The van der Waals surface area contributed by atoms with Crippen molar-refractivity contribution in [1.82, 2.24) is 10.3 Å². The summed E-state index contributed by atoms with van der Waals surface area (Å²) >= 11 is 7.79. The molecule has 9 heteroatoms. The number of nitrogens with zero attached hydrogens (tertiary/aromatic N) is 1. The molecule has 2 aromatic carbocycles. The smallest absolute Gasteiger partial charge is 0.257 e. The number of amides is 2. The first-order chi connectivity index (χ1) is 15.7. The highest BCUT2D eigenvalue weighted by atomic mass is 35.5. The van der Waals surface area contributed by atoms with Crippen LogP contribution in [-0.2, 0) is 17.9 Å². The third-order valence-electron chi connectivity index (χ3n) is 4.89. The molecule has 33 heavy (non-hydrogen) atoms. The molecule has 7 nitrogen and oxygen atoms in total. The van der Waals surface area contributed by atoms with E-state index in [1.165, 1.54) is 17.6 Å². The number of anilines is 2. The highest BCUT2D eigenvalue weighted by molar-refractivity contribution is 7.07. The fourth-order valence-electron chi connectivity index (χ4n) is 3.03. The summed E-state index contributed by atoms with van der Waals surface area (Å²) in [6.07, 6.45) is 1.22. The Kier molecular flexibility index (Phi) is 7.84. The van der Waals surface area contributed by atoms with Crippen LogP contribution in [0, 0.1) is 10.8 Å². The van der Waals surface area contributed by atoms with E-state index in [1.807, 2.05) is 38.3 Å². The molecule has 172 valence electrons. The van der Waals surface area contributed by atoms with Crippen LogP contribution in [0.25, 0.3) is 0 Å². The van der Waals surface area contributed by atoms with Crippen molar-refractivity contribution in [3.8, 4) is 0 Å². The molecule has 3 aromatic rings. The summed E-state index contributed by atoms with van der Waals surface area (Å²) in [4.78, 5) is 29.4. The van der Waals surface area contributed by atoms with Gasteiger partial charge in [-0.3, -0.25) is 9.59 Å². The van der Waals surface area contributed by atoms with Crippen LogP contribution in [0.4, 0.5) is 11.5 Å². The summed E-state index contributed by atoms with van der Waals surface area (Å²) in [5.41, 5.74) is 4.24. The van der Waals surface area contributed by atoms with Crippen LogP contribution in [0.1, 0.15) is 47.8 Å². The molecule has 2 amide bonds. The third-order valence-corrected chi connectivity index (χ3v) is 5.81. The maximum Gasteiger partial charge on any atom is 0.257 e. The van der Waals surface area contributed by atoms with E-state index in [4.69, 9.17) is 17.0 Å². The highest BCUT2D eigenvalue weighted by Gasteiger charge is 2.21. The van der Waals surface area contributed by atoms with Gasteiger partial charge in [-0.15, -0.1) is 11.3 Å². The Hall–Kier alpha value is -3.23. The van der Waals surface area contributed by atoms with Gasteiger partial charge in [-0.25, -0.2) is 4.98 Å². The topological polar surface area (TPSA) is 107 Å². The van der Waals surface area contributed by atoms with Crippen molar-refractivity contribution in [2.45, 2.75) is 33.9 Å². The molecule has 0 unspecified atom stereocenters. The Morgan fingerprint density at radius 1 is 1.18 bits per heavy atom. The number of hydrogen-bond acceptors (Lipinski definition) is 6. The van der Waals surface area contributed by atoms with Crippen molar-refractivity contribution >= 4 is 52.5 Å². The molecule has 1 aromatic heterocycles. The first-order valence-electron chi connectivity index (χ1n) is 10.3. The van der Waals surface area contributed by atoms with E-state index in [2.05, 4.69) is 20.9 Å². The maximum absolute atomic E-state index is 13.0. The molecule has 0 atom stereocenters. The van der Waals surface area contributed by atoms with E-state index in [1.54, 1.807) is 29.8 Å². The zero-order valence-electron chi connectivity index (χ0n) is 18.7. The van der Waals surface area contributed by atoms with Gasteiger partial charge in [-0.05, 0) is 29.3 Å². The lowest BCUT2D eigenvalue weighted by Crippen LogP contribution is -2.34. The summed E-state index contributed by atoms with van der Waals surface area (Å²) in [5, 5.41) is 19.0. The zero-order chi connectivity index (χ0) is 24.0. The Bertz CT molecular complexity index is 1160. The second-order valence-electron chi connectivity index (χ2n) is 8.45. The van der Waals surface area contributed by atoms with Crippen molar-refractivity contribution in [2.24, 2.45) is 5.41 Å². The van der Waals surface area contributed by atoms with Gasteiger partial charge in [0.1, 0.15) is 5.82 Å². The summed E-state index contributed by atoms with van der Waals surface area (Å²) < 4.78 is 0. The van der Waals surface area contributed by atoms with Crippen LogP contribution in [0.3, 0.4) is 0 Å². The van der Waals surface area contributed by atoms with Crippen molar-refractivity contribution in [2.75, 3.05) is 10.6 Å². The van der Waals surface area contributed by atoms with Crippen LogP contribution < -0.4 is 16.0 Å². The summed E-state index contributed by atoms with van der Waals surface area (Å²) in [5.74, 6) is 0.284. The van der Waals surface area contributed by atoms with Gasteiger partial charge in [0.05, 0.1) is 21.8 Å². The van der Waals surface area contributed by atoms with Crippen molar-refractivity contribution in [3.63, 3.8) is 0 Å². The molecule has 3 rings (SSSR count). The lowest BCUT2D eigenvalue weighted by molar-refractivity contribution is -0.128.